The highest BCUT2D eigenvalue weighted by Gasteiger charge is 2.36. The third-order valence-electron chi connectivity index (χ3n) is 5.70. The Balaban J connectivity index is 1.52. The van der Waals surface area contributed by atoms with Crippen molar-refractivity contribution in [1.29, 1.82) is 0 Å². The number of piperidine rings is 1. The van der Waals surface area contributed by atoms with E-state index in [2.05, 4.69) is 5.32 Å². The van der Waals surface area contributed by atoms with E-state index in [0.29, 0.717) is 83.4 Å². The monoisotopic (exact) mass is 469 g/mol. The van der Waals surface area contributed by atoms with Crippen molar-refractivity contribution in [2.75, 3.05) is 59.2 Å². The Bertz CT molecular complexity index is 857. The van der Waals surface area contributed by atoms with Crippen LogP contribution in [0.25, 0.3) is 0 Å². The SMILES string of the molecule is CCOc1ccc(CCNC(=O)[C@H]2CCCN(S(=O)(=O)N3CCOCC3)C2)cc1OCC. The zero-order chi connectivity index (χ0) is 23.0. The van der Waals surface area contributed by atoms with Crippen molar-refractivity contribution in [3.63, 3.8) is 0 Å². The second-order valence-corrected chi connectivity index (χ2v) is 9.83. The lowest BCUT2D eigenvalue weighted by molar-refractivity contribution is -0.126. The van der Waals surface area contributed by atoms with E-state index in [0.717, 1.165) is 5.56 Å². The van der Waals surface area contributed by atoms with Gasteiger partial charge in [0, 0.05) is 32.7 Å². The zero-order valence-corrected chi connectivity index (χ0v) is 19.9. The Morgan fingerprint density at radius 1 is 1.09 bits per heavy atom. The molecular weight excluding hydrogens is 434 g/mol. The predicted molar refractivity (Wildman–Crippen MR) is 121 cm³/mol. The molecule has 10 heteroatoms. The van der Waals surface area contributed by atoms with Gasteiger partial charge in [-0.2, -0.15) is 17.0 Å². The molecule has 180 valence electrons. The minimum Gasteiger partial charge on any atom is -0.490 e. The maximum Gasteiger partial charge on any atom is 0.282 e. The van der Waals surface area contributed by atoms with Crippen molar-refractivity contribution < 1.29 is 27.4 Å². The lowest BCUT2D eigenvalue weighted by Crippen LogP contribution is -2.53. The molecule has 1 aromatic carbocycles. The van der Waals surface area contributed by atoms with Crippen LogP contribution in [0.1, 0.15) is 32.3 Å². The molecule has 2 aliphatic heterocycles. The summed E-state index contributed by atoms with van der Waals surface area (Å²) in [4.78, 5) is 12.7. The highest BCUT2D eigenvalue weighted by atomic mass is 32.2. The normalized spacial score (nSPS) is 20.6. The summed E-state index contributed by atoms with van der Waals surface area (Å²) < 4.78 is 45.2. The summed E-state index contributed by atoms with van der Waals surface area (Å²) in [7, 11) is -3.55. The summed E-state index contributed by atoms with van der Waals surface area (Å²) in [6.07, 6.45) is 2.03. The van der Waals surface area contributed by atoms with Crippen LogP contribution in [-0.2, 0) is 26.2 Å². The number of ether oxygens (including phenoxy) is 3. The van der Waals surface area contributed by atoms with Crippen molar-refractivity contribution in [2.24, 2.45) is 5.92 Å². The number of hydrogen-bond donors (Lipinski definition) is 1. The van der Waals surface area contributed by atoms with Gasteiger partial charge in [-0.15, -0.1) is 0 Å². The minimum absolute atomic E-state index is 0.0946. The van der Waals surface area contributed by atoms with Crippen molar-refractivity contribution in [3.05, 3.63) is 23.8 Å². The molecule has 1 amide bonds. The maximum atomic E-state index is 12.9. The Labute approximate surface area is 191 Å². The molecule has 1 N–H and O–H groups in total. The average molecular weight is 470 g/mol. The van der Waals surface area contributed by atoms with Crippen LogP contribution >= 0.6 is 0 Å². The molecule has 2 saturated heterocycles. The molecule has 0 radical (unpaired) electrons. The molecule has 2 aliphatic rings. The number of carbonyl (C=O) groups excluding carboxylic acids is 1. The van der Waals surface area contributed by atoms with Crippen molar-refractivity contribution >= 4 is 16.1 Å². The lowest BCUT2D eigenvalue weighted by atomic mass is 9.99. The van der Waals surface area contributed by atoms with Gasteiger partial charge in [-0.1, -0.05) is 6.07 Å². The number of amides is 1. The van der Waals surface area contributed by atoms with E-state index in [4.69, 9.17) is 14.2 Å². The van der Waals surface area contributed by atoms with Crippen molar-refractivity contribution in [2.45, 2.75) is 33.1 Å². The topological polar surface area (TPSA) is 97.4 Å². The van der Waals surface area contributed by atoms with Gasteiger partial charge >= 0.3 is 0 Å². The Morgan fingerprint density at radius 2 is 1.81 bits per heavy atom. The van der Waals surface area contributed by atoms with Crippen LogP contribution in [0.2, 0.25) is 0 Å². The van der Waals surface area contributed by atoms with Gasteiger partial charge in [0.05, 0.1) is 32.3 Å². The van der Waals surface area contributed by atoms with Gasteiger partial charge in [0.25, 0.3) is 10.2 Å². The molecule has 2 heterocycles. The Hall–Kier alpha value is -1.88. The minimum atomic E-state index is -3.55. The maximum absolute atomic E-state index is 12.9. The van der Waals surface area contributed by atoms with E-state index in [1.54, 1.807) is 0 Å². The lowest BCUT2D eigenvalue weighted by Gasteiger charge is -2.36. The van der Waals surface area contributed by atoms with Crippen LogP contribution in [0.4, 0.5) is 0 Å². The van der Waals surface area contributed by atoms with E-state index < -0.39 is 10.2 Å². The number of rotatable bonds is 10. The standard InChI is InChI=1S/C22H35N3O6S/c1-3-30-20-8-7-18(16-21(20)31-4-2)9-10-23-22(26)19-6-5-11-25(17-19)32(27,28)24-12-14-29-15-13-24/h7-8,16,19H,3-6,9-15,17H2,1-2H3,(H,23,26)/t19-/m0/s1. The molecule has 0 unspecified atom stereocenters. The molecule has 2 fully saturated rings. The molecule has 0 aromatic heterocycles. The number of hydrogen-bond acceptors (Lipinski definition) is 6. The molecule has 1 atom stereocenters. The Kier molecular flexibility index (Phi) is 9.15. The first-order valence-corrected chi connectivity index (χ1v) is 12.8. The fraction of sp³-hybridized carbons (Fsp3) is 0.682. The summed E-state index contributed by atoms with van der Waals surface area (Å²) in [6.45, 7) is 7.67. The van der Waals surface area contributed by atoms with Gasteiger partial charge < -0.3 is 19.5 Å². The van der Waals surface area contributed by atoms with Crippen LogP contribution in [0.5, 0.6) is 11.5 Å². The van der Waals surface area contributed by atoms with Gasteiger partial charge in [0.2, 0.25) is 5.91 Å². The number of carbonyl (C=O) groups is 1. The third-order valence-corrected chi connectivity index (χ3v) is 7.70. The zero-order valence-electron chi connectivity index (χ0n) is 19.0. The first-order chi connectivity index (χ1) is 15.5. The molecule has 9 nitrogen and oxygen atoms in total. The van der Waals surface area contributed by atoms with Crippen molar-refractivity contribution in [1.82, 2.24) is 13.9 Å². The van der Waals surface area contributed by atoms with Gasteiger partial charge in [0.15, 0.2) is 11.5 Å². The molecule has 3 rings (SSSR count). The molecule has 0 aliphatic carbocycles. The van der Waals surface area contributed by atoms with Crippen LogP contribution < -0.4 is 14.8 Å². The van der Waals surface area contributed by atoms with Crippen molar-refractivity contribution in [3.8, 4) is 11.5 Å². The Morgan fingerprint density at radius 3 is 2.53 bits per heavy atom. The number of nitrogens with zero attached hydrogens (tertiary/aromatic N) is 2. The molecule has 1 aromatic rings. The number of benzene rings is 1. The fourth-order valence-corrected chi connectivity index (χ4v) is 5.70. The third kappa shape index (κ3) is 6.34. The first-order valence-electron chi connectivity index (χ1n) is 11.4. The first kappa shape index (κ1) is 24.8. The largest absolute Gasteiger partial charge is 0.490 e. The van der Waals surface area contributed by atoms with Gasteiger partial charge in [-0.05, 0) is 50.8 Å². The summed E-state index contributed by atoms with van der Waals surface area (Å²) in [6, 6.07) is 5.80. The van der Waals surface area contributed by atoms with E-state index in [9.17, 15) is 13.2 Å². The van der Waals surface area contributed by atoms with Gasteiger partial charge in [-0.3, -0.25) is 4.79 Å². The molecular formula is C22H35N3O6S. The molecule has 0 saturated carbocycles. The van der Waals surface area contributed by atoms with E-state index in [1.165, 1.54) is 8.61 Å². The summed E-state index contributed by atoms with van der Waals surface area (Å²) >= 11 is 0. The van der Waals surface area contributed by atoms with Gasteiger partial charge in [0.1, 0.15) is 0 Å². The smallest absolute Gasteiger partial charge is 0.282 e. The number of morpholine rings is 1. The average Bonchev–Trinajstić information content (AvgIpc) is 2.81. The van der Waals surface area contributed by atoms with E-state index in [-0.39, 0.29) is 18.4 Å². The summed E-state index contributed by atoms with van der Waals surface area (Å²) in [5.41, 5.74) is 1.04. The van der Waals surface area contributed by atoms with Crippen LogP contribution in [0, 0.1) is 5.92 Å². The summed E-state index contributed by atoms with van der Waals surface area (Å²) in [5.74, 6) is 0.988. The quantitative estimate of drug-likeness (QED) is 0.557. The van der Waals surface area contributed by atoms with Crippen LogP contribution in [0.3, 0.4) is 0 Å². The second-order valence-electron chi connectivity index (χ2n) is 7.90. The van der Waals surface area contributed by atoms with E-state index >= 15 is 0 Å². The van der Waals surface area contributed by atoms with Crippen LogP contribution in [-0.4, -0.2) is 82.1 Å². The second kappa shape index (κ2) is 11.8. The molecule has 0 bridgehead atoms. The van der Waals surface area contributed by atoms with E-state index in [1.807, 2.05) is 32.0 Å². The number of nitrogens with one attached hydrogen (secondary N) is 1. The summed E-state index contributed by atoms with van der Waals surface area (Å²) in [5, 5.41) is 2.98. The fourth-order valence-electron chi connectivity index (χ4n) is 4.03. The van der Waals surface area contributed by atoms with Crippen LogP contribution in [0.15, 0.2) is 18.2 Å². The highest BCUT2D eigenvalue weighted by Crippen LogP contribution is 2.28. The molecule has 0 spiro atoms. The molecule has 32 heavy (non-hydrogen) atoms. The predicted octanol–water partition coefficient (Wildman–Crippen LogP) is 1.43. The highest BCUT2D eigenvalue weighted by molar-refractivity contribution is 7.86. The van der Waals surface area contributed by atoms with Gasteiger partial charge in [-0.25, -0.2) is 0 Å².